The number of carboxylic acid groups (broad SMARTS) is 1. The molecule has 9 nitrogen and oxygen atoms in total. The number of hydrogen-bond acceptors (Lipinski definition) is 6. The van der Waals surface area contributed by atoms with Crippen molar-refractivity contribution < 1.29 is 29.3 Å². The highest BCUT2D eigenvalue weighted by molar-refractivity contribution is 6.00. The van der Waals surface area contributed by atoms with Gasteiger partial charge in [0.05, 0.1) is 11.2 Å². The molecular formula is C34H46ClN3O6. The topological polar surface area (TPSA) is 119 Å². The summed E-state index contributed by atoms with van der Waals surface area (Å²) in [4.78, 5) is 42.8. The van der Waals surface area contributed by atoms with E-state index in [9.17, 15) is 19.5 Å². The van der Waals surface area contributed by atoms with E-state index in [2.05, 4.69) is 17.1 Å². The molecule has 3 aliphatic rings. The van der Waals surface area contributed by atoms with E-state index in [0.717, 1.165) is 55.5 Å². The number of amides is 2. The van der Waals surface area contributed by atoms with Crippen LogP contribution in [-0.2, 0) is 22.7 Å². The lowest BCUT2D eigenvalue weighted by molar-refractivity contribution is -0.163. The van der Waals surface area contributed by atoms with Crippen molar-refractivity contribution in [2.45, 2.75) is 101 Å². The maximum absolute atomic E-state index is 13.8. The van der Waals surface area contributed by atoms with E-state index in [1.54, 1.807) is 24.3 Å². The number of carbonyl (C=O) groups excluding carboxylic acids is 2. The number of nitrogens with one attached hydrogen (secondary N) is 1. The summed E-state index contributed by atoms with van der Waals surface area (Å²) in [7, 11) is 0. The normalized spacial score (nSPS) is 21.4. The number of carbonyl (C=O) groups is 3. The minimum atomic E-state index is -0.949. The first kappa shape index (κ1) is 33.7. The molecule has 3 fully saturated rings. The summed E-state index contributed by atoms with van der Waals surface area (Å²) in [5, 5.41) is 23.2. The lowest BCUT2D eigenvalue weighted by atomic mass is 9.77. The zero-order valence-corrected chi connectivity index (χ0v) is 26.4. The number of piperidine rings is 1. The second-order valence-corrected chi connectivity index (χ2v) is 12.6. The Morgan fingerprint density at radius 2 is 1.59 bits per heavy atom. The molecule has 3 N–H and O–H groups in total. The summed E-state index contributed by atoms with van der Waals surface area (Å²) in [6, 6.07) is 14.0. The summed E-state index contributed by atoms with van der Waals surface area (Å²) in [6.07, 6.45) is 7.70. The van der Waals surface area contributed by atoms with E-state index in [1.807, 2.05) is 29.2 Å². The minimum Gasteiger partial charge on any atom is -0.489 e. The highest BCUT2D eigenvalue weighted by Gasteiger charge is 2.54. The zero-order chi connectivity index (χ0) is 30.5. The van der Waals surface area contributed by atoms with E-state index in [1.165, 1.54) is 0 Å². The molecule has 1 atom stereocenters. The lowest BCUT2D eigenvalue weighted by Gasteiger charge is -2.52. The fourth-order valence-corrected chi connectivity index (χ4v) is 6.89. The molecule has 2 aromatic carbocycles. The highest BCUT2D eigenvalue weighted by atomic mass is 35.5. The summed E-state index contributed by atoms with van der Waals surface area (Å²) in [5.74, 6) is -0.310. The van der Waals surface area contributed by atoms with Gasteiger partial charge in [0, 0.05) is 32.6 Å². The van der Waals surface area contributed by atoms with Crippen LogP contribution in [0.15, 0.2) is 48.5 Å². The number of nitrogens with zero attached hydrogens (tertiary/aromatic N) is 2. The number of rotatable bonds is 11. The number of aliphatic hydroxyl groups is 1. The highest BCUT2D eigenvalue weighted by Crippen LogP contribution is 2.37. The molecule has 1 saturated carbocycles. The molecule has 1 spiro atoms. The van der Waals surface area contributed by atoms with Crippen molar-refractivity contribution in [2.75, 3.05) is 19.6 Å². The molecule has 240 valence electrons. The number of unbranched alkanes of at least 4 members (excludes halogenated alkanes) is 1. The number of hydrogen-bond donors (Lipinski definition) is 3. The van der Waals surface area contributed by atoms with Gasteiger partial charge >= 0.3 is 5.97 Å². The summed E-state index contributed by atoms with van der Waals surface area (Å²) in [6.45, 7) is 5.19. The monoisotopic (exact) mass is 627 g/mol. The first-order chi connectivity index (χ1) is 20.7. The van der Waals surface area contributed by atoms with Crippen LogP contribution in [0.3, 0.4) is 0 Å². The standard InChI is InChI=1S/C34H45N3O6.ClH/c1-2-3-19-37-30(38)29(22-33(42)15-5-4-6-16-33)35-32(41)34(37)17-20-36(21-18-34)23-25-9-13-28(14-10-25)43-24-26-7-11-27(12-8-26)31(39)40;/h7-14,29,42H,2-6,15-24H2,1H3,(H,35,41)(H,39,40);1H/t29-;/m1./s1. The summed E-state index contributed by atoms with van der Waals surface area (Å²) < 4.78 is 5.88. The van der Waals surface area contributed by atoms with E-state index >= 15 is 0 Å². The predicted molar refractivity (Wildman–Crippen MR) is 170 cm³/mol. The molecule has 0 aromatic heterocycles. The van der Waals surface area contributed by atoms with E-state index < -0.39 is 23.2 Å². The SMILES string of the molecule is CCCCN1C(=O)[C@@H](CC2(O)CCCCC2)NC(=O)C12CCN(Cc1ccc(OCc3ccc(C(=O)O)cc3)cc1)CC2.Cl. The molecule has 2 heterocycles. The molecule has 44 heavy (non-hydrogen) atoms. The smallest absolute Gasteiger partial charge is 0.335 e. The Morgan fingerprint density at radius 3 is 2.20 bits per heavy atom. The molecular weight excluding hydrogens is 582 g/mol. The number of aromatic carboxylic acids is 1. The van der Waals surface area contributed by atoms with Crippen LogP contribution in [0.1, 0.15) is 92.6 Å². The van der Waals surface area contributed by atoms with Crippen LogP contribution in [0.2, 0.25) is 0 Å². The minimum absolute atomic E-state index is 0. The zero-order valence-electron chi connectivity index (χ0n) is 25.6. The van der Waals surface area contributed by atoms with Gasteiger partial charge in [0.1, 0.15) is 23.9 Å². The Balaban J connectivity index is 0.00000442. The quantitative estimate of drug-likeness (QED) is 0.323. The molecule has 2 aromatic rings. The van der Waals surface area contributed by atoms with Gasteiger partial charge in [0.25, 0.3) is 0 Å². The van der Waals surface area contributed by atoms with Gasteiger partial charge < -0.3 is 25.2 Å². The number of likely N-dealkylation sites (tertiary alicyclic amines) is 1. The first-order valence-electron chi connectivity index (χ1n) is 15.8. The molecule has 2 saturated heterocycles. The molecule has 10 heteroatoms. The molecule has 5 rings (SSSR count). The van der Waals surface area contributed by atoms with E-state index in [0.29, 0.717) is 58.3 Å². The van der Waals surface area contributed by atoms with Crippen molar-refractivity contribution in [3.8, 4) is 5.75 Å². The Morgan fingerprint density at radius 1 is 0.955 bits per heavy atom. The van der Waals surface area contributed by atoms with Gasteiger partial charge in [-0.05, 0) is 67.5 Å². The summed E-state index contributed by atoms with van der Waals surface area (Å²) in [5.41, 5.74) is 0.589. The maximum Gasteiger partial charge on any atom is 0.335 e. The van der Waals surface area contributed by atoms with Gasteiger partial charge in [-0.15, -0.1) is 12.4 Å². The van der Waals surface area contributed by atoms with Crippen LogP contribution in [0.4, 0.5) is 0 Å². The maximum atomic E-state index is 13.8. The fourth-order valence-electron chi connectivity index (χ4n) is 6.89. The third-order valence-corrected chi connectivity index (χ3v) is 9.53. The Kier molecular flexibility index (Phi) is 11.3. The van der Waals surface area contributed by atoms with Gasteiger partial charge in [0.2, 0.25) is 11.8 Å². The molecule has 2 aliphatic heterocycles. The Labute approximate surface area is 266 Å². The average molecular weight is 628 g/mol. The van der Waals surface area contributed by atoms with Crippen LogP contribution in [-0.4, -0.2) is 74.6 Å². The van der Waals surface area contributed by atoms with Gasteiger partial charge in [-0.2, -0.15) is 0 Å². The van der Waals surface area contributed by atoms with Crippen LogP contribution in [0.5, 0.6) is 5.75 Å². The summed E-state index contributed by atoms with van der Waals surface area (Å²) >= 11 is 0. The first-order valence-corrected chi connectivity index (χ1v) is 15.8. The number of carboxylic acids is 1. The van der Waals surface area contributed by atoms with Crippen molar-refractivity contribution in [3.05, 3.63) is 65.2 Å². The van der Waals surface area contributed by atoms with Crippen molar-refractivity contribution in [3.63, 3.8) is 0 Å². The molecule has 0 unspecified atom stereocenters. The van der Waals surface area contributed by atoms with E-state index in [4.69, 9.17) is 9.84 Å². The number of benzene rings is 2. The molecule has 0 bridgehead atoms. The van der Waals surface area contributed by atoms with Gasteiger partial charge in [0.15, 0.2) is 0 Å². The third kappa shape index (κ3) is 7.73. The second kappa shape index (κ2) is 14.8. The van der Waals surface area contributed by atoms with Crippen LogP contribution < -0.4 is 10.1 Å². The van der Waals surface area contributed by atoms with Crippen molar-refractivity contribution >= 4 is 30.2 Å². The second-order valence-electron chi connectivity index (χ2n) is 12.6. The Bertz CT molecular complexity index is 1270. The van der Waals surface area contributed by atoms with Gasteiger partial charge in [-0.25, -0.2) is 4.79 Å². The average Bonchev–Trinajstić information content (AvgIpc) is 3.01. The number of halogens is 1. The number of piperazine rings is 1. The fraction of sp³-hybridized carbons (Fsp3) is 0.559. The van der Waals surface area contributed by atoms with Crippen LogP contribution >= 0.6 is 12.4 Å². The van der Waals surface area contributed by atoms with Crippen LogP contribution in [0.25, 0.3) is 0 Å². The molecule has 2 amide bonds. The van der Waals surface area contributed by atoms with Gasteiger partial charge in [-0.3, -0.25) is 14.5 Å². The largest absolute Gasteiger partial charge is 0.489 e. The van der Waals surface area contributed by atoms with Crippen molar-refractivity contribution in [2.24, 2.45) is 0 Å². The van der Waals surface area contributed by atoms with Crippen molar-refractivity contribution in [1.82, 2.24) is 15.1 Å². The number of ether oxygens (including phenoxy) is 1. The third-order valence-electron chi connectivity index (χ3n) is 9.53. The Hall–Kier alpha value is -3.14. The lowest BCUT2D eigenvalue weighted by Crippen LogP contribution is -2.73. The van der Waals surface area contributed by atoms with E-state index in [-0.39, 0.29) is 29.8 Å². The van der Waals surface area contributed by atoms with Gasteiger partial charge in [-0.1, -0.05) is 56.9 Å². The van der Waals surface area contributed by atoms with Crippen LogP contribution in [0, 0.1) is 0 Å². The van der Waals surface area contributed by atoms with Crippen molar-refractivity contribution in [1.29, 1.82) is 0 Å². The molecule has 0 radical (unpaired) electrons. The molecule has 1 aliphatic carbocycles. The predicted octanol–water partition coefficient (Wildman–Crippen LogP) is 4.93.